The molecule has 1 N–H and O–H groups in total. The molecule has 0 unspecified atom stereocenters. The van der Waals surface area contributed by atoms with Gasteiger partial charge in [0.1, 0.15) is 5.82 Å². The Morgan fingerprint density at radius 2 is 1.79 bits per heavy atom. The molecule has 0 radical (unpaired) electrons. The summed E-state index contributed by atoms with van der Waals surface area (Å²) in [5, 5.41) is 3.11. The first-order valence-electron chi connectivity index (χ1n) is 5.78. The summed E-state index contributed by atoms with van der Waals surface area (Å²) in [6.45, 7) is 3.77. The van der Waals surface area contributed by atoms with Gasteiger partial charge in [-0.25, -0.2) is 13.8 Å². The summed E-state index contributed by atoms with van der Waals surface area (Å²) in [5.41, 5.74) is 2.01. The van der Waals surface area contributed by atoms with E-state index >= 15 is 0 Å². The molecule has 1 heterocycles. The topological polar surface area (TPSA) is 24.9 Å². The SMILES string of the molecule is Cc1cc(CNc2ncc(Cl)cc2F)cc(C)c1F. The molecule has 2 aromatic rings. The van der Waals surface area contributed by atoms with Gasteiger partial charge in [-0.1, -0.05) is 23.7 Å². The highest BCUT2D eigenvalue weighted by molar-refractivity contribution is 6.30. The van der Waals surface area contributed by atoms with E-state index in [0.717, 1.165) is 5.56 Å². The fourth-order valence-corrected chi connectivity index (χ4v) is 2.01. The highest BCUT2D eigenvalue weighted by Crippen LogP contribution is 2.18. The van der Waals surface area contributed by atoms with Crippen LogP contribution in [0.3, 0.4) is 0 Å². The Hall–Kier alpha value is -1.68. The van der Waals surface area contributed by atoms with Crippen molar-refractivity contribution in [2.45, 2.75) is 20.4 Å². The van der Waals surface area contributed by atoms with Crippen LogP contribution in [-0.2, 0) is 6.54 Å². The molecule has 0 spiro atoms. The van der Waals surface area contributed by atoms with E-state index in [4.69, 9.17) is 11.6 Å². The Morgan fingerprint density at radius 1 is 1.16 bits per heavy atom. The van der Waals surface area contributed by atoms with Gasteiger partial charge in [0.2, 0.25) is 0 Å². The molecule has 0 aliphatic heterocycles. The van der Waals surface area contributed by atoms with Gasteiger partial charge in [-0.2, -0.15) is 0 Å². The minimum Gasteiger partial charge on any atom is -0.364 e. The monoisotopic (exact) mass is 282 g/mol. The van der Waals surface area contributed by atoms with E-state index in [1.54, 1.807) is 26.0 Å². The molecule has 100 valence electrons. The lowest BCUT2D eigenvalue weighted by atomic mass is 10.1. The molecular weight excluding hydrogens is 270 g/mol. The summed E-state index contributed by atoms with van der Waals surface area (Å²) in [4.78, 5) is 3.86. The van der Waals surface area contributed by atoms with Crippen LogP contribution in [0.4, 0.5) is 14.6 Å². The van der Waals surface area contributed by atoms with Crippen molar-refractivity contribution in [3.63, 3.8) is 0 Å². The quantitative estimate of drug-likeness (QED) is 0.911. The zero-order valence-electron chi connectivity index (χ0n) is 10.6. The number of halogens is 3. The van der Waals surface area contributed by atoms with Crippen LogP contribution >= 0.6 is 11.6 Å². The fraction of sp³-hybridized carbons (Fsp3) is 0.214. The average Bonchev–Trinajstić information content (AvgIpc) is 2.34. The van der Waals surface area contributed by atoms with Crippen molar-refractivity contribution in [1.29, 1.82) is 0 Å². The van der Waals surface area contributed by atoms with Gasteiger partial charge in [-0.05, 0) is 36.6 Å². The summed E-state index contributed by atoms with van der Waals surface area (Å²) in [5.74, 6) is -0.591. The molecule has 0 amide bonds. The lowest BCUT2D eigenvalue weighted by Gasteiger charge is -2.09. The Labute approximate surface area is 115 Å². The van der Waals surface area contributed by atoms with Gasteiger partial charge in [0.05, 0.1) is 5.02 Å². The van der Waals surface area contributed by atoms with Crippen LogP contribution in [0.2, 0.25) is 5.02 Å². The number of hydrogen-bond donors (Lipinski definition) is 1. The number of hydrogen-bond acceptors (Lipinski definition) is 2. The standard InChI is InChI=1S/C14H13ClF2N2/c1-8-3-10(4-9(2)13(8)17)6-18-14-12(16)5-11(15)7-19-14/h3-5,7H,6H2,1-2H3,(H,18,19). The predicted octanol–water partition coefficient (Wildman–Crippen LogP) is 4.24. The summed E-state index contributed by atoms with van der Waals surface area (Å²) in [6, 6.07) is 4.64. The van der Waals surface area contributed by atoms with Crippen LogP contribution in [0, 0.1) is 25.5 Å². The molecule has 0 bridgehead atoms. The summed E-state index contributed by atoms with van der Waals surface area (Å²) in [6.07, 6.45) is 1.37. The number of rotatable bonds is 3. The van der Waals surface area contributed by atoms with Gasteiger partial charge in [0.15, 0.2) is 11.6 Å². The average molecular weight is 283 g/mol. The van der Waals surface area contributed by atoms with Gasteiger partial charge >= 0.3 is 0 Å². The van der Waals surface area contributed by atoms with Crippen LogP contribution in [0.5, 0.6) is 0 Å². The van der Waals surface area contributed by atoms with Crippen molar-refractivity contribution in [3.8, 4) is 0 Å². The molecule has 0 saturated carbocycles. The van der Waals surface area contributed by atoms with Crippen LogP contribution in [0.15, 0.2) is 24.4 Å². The van der Waals surface area contributed by atoms with Crippen molar-refractivity contribution >= 4 is 17.4 Å². The Balaban J connectivity index is 2.14. The van der Waals surface area contributed by atoms with Gasteiger partial charge < -0.3 is 5.32 Å². The second-order valence-corrected chi connectivity index (χ2v) is 4.82. The van der Waals surface area contributed by atoms with E-state index in [0.29, 0.717) is 17.7 Å². The summed E-state index contributed by atoms with van der Waals surface area (Å²) >= 11 is 5.62. The smallest absolute Gasteiger partial charge is 0.166 e. The Kier molecular flexibility index (Phi) is 4.00. The molecule has 2 rings (SSSR count). The maximum Gasteiger partial charge on any atom is 0.166 e. The molecule has 0 aliphatic rings. The third-order valence-electron chi connectivity index (χ3n) is 2.76. The predicted molar refractivity (Wildman–Crippen MR) is 72.4 cm³/mol. The molecule has 1 aromatic heterocycles. The van der Waals surface area contributed by atoms with Crippen molar-refractivity contribution in [2.24, 2.45) is 0 Å². The molecule has 1 aromatic carbocycles. The van der Waals surface area contributed by atoms with Gasteiger partial charge in [0, 0.05) is 12.7 Å². The number of pyridine rings is 1. The first-order valence-corrected chi connectivity index (χ1v) is 6.15. The maximum atomic E-state index is 13.5. The van der Waals surface area contributed by atoms with Crippen LogP contribution in [0.1, 0.15) is 16.7 Å². The number of benzene rings is 1. The lowest BCUT2D eigenvalue weighted by Crippen LogP contribution is -2.04. The number of aryl methyl sites for hydroxylation is 2. The molecule has 0 fully saturated rings. The van der Waals surface area contributed by atoms with E-state index in [1.165, 1.54) is 12.3 Å². The minimum absolute atomic E-state index is 0.129. The largest absolute Gasteiger partial charge is 0.364 e. The number of nitrogens with one attached hydrogen (secondary N) is 1. The van der Waals surface area contributed by atoms with E-state index in [-0.39, 0.29) is 16.7 Å². The maximum absolute atomic E-state index is 13.5. The summed E-state index contributed by atoms with van der Waals surface area (Å²) in [7, 11) is 0. The van der Waals surface area contributed by atoms with Crippen molar-refractivity contribution in [3.05, 3.63) is 57.7 Å². The Morgan fingerprint density at radius 3 is 2.37 bits per heavy atom. The molecule has 19 heavy (non-hydrogen) atoms. The lowest BCUT2D eigenvalue weighted by molar-refractivity contribution is 0.608. The highest BCUT2D eigenvalue weighted by Gasteiger charge is 2.07. The van der Waals surface area contributed by atoms with E-state index in [1.807, 2.05) is 0 Å². The second kappa shape index (κ2) is 5.53. The van der Waals surface area contributed by atoms with E-state index < -0.39 is 5.82 Å². The van der Waals surface area contributed by atoms with Crippen LogP contribution < -0.4 is 5.32 Å². The second-order valence-electron chi connectivity index (χ2n) is 4.38. The molecular formula is C14H13ClF2N2. The number of nitrogens with zero attached hydrogens (tertiary/aromatic N) is 1. The van der Waals surface area contributed by atoms with Crippen molar-refractivity contribution in [2.75, 3.05) is 5.32 Å². The minimum atomic E-state index is -0.511. The fourth-order valence-electron chi connectivity index (χ4n) is 1.87. The molecule has 0 saturated heterocycles. The Bertz CT molecular complexity index is 591. The normalized spacial score (nSPS) is 10.6. The molecule has 0 atom stereocenters. The van der Waals surface area contributed by atoms with Crippen molar-refractivity contribution < 1.29 is 8.78 Å². The third kappa shape index (κ3) is 3.20. The number of anilines is 1. The number of aromatic nitrogens is 1. The van der Waals surface area contributed by atoms with E-state index in [9.17, 15) is 8.78 Å². The van der Waals surface area contributed by atoms with Gasteiger partial charge in [-0.3, -0.25) is 0 Å². The van der Waals surface area contributed by atoms with E-state index in [2.05, 4.69) is 10.3 Å². The molecule has 5 heteroatoms. The third-order valence-corrected chi connectivity index (χ3v) is 2.97. The zero-order valence-corrected chi connectivity index (χ0v) is 11.4. The van der Waals surface area contributed by atoms with Crippen LogP contribution in [-0.4, -0.2) is 4.98 Å². The molecule has 0 aliphatic carbocycles. The first-order chi connectivity index (χ1) is 8.97. The first kappa shape index (κ1) is 13.7. The zero-order chi connectivity index (χ0) is 14.0. The summed E-state index contributed by atoms with van der Waals surface area (Å²) < 4.78 is 27.0. The van der Waals surface area contributed by atoms with Gasteiger partial charge in [-0.15, -0.1) is 0 Å². The molecule has 2 nitrogen and oxygen atoms in total. The van der Waals surface area contributed by atoms with Gasteiger partial charge in [0.25, 0.3) is 0 Å². The highest BCUT2D eigenvalue weighted by atomic mass is 35.5. The van der Waals surface area contributed by atoms with Crippen molar-refractivity contribution in [1.82, 2.24) is 4.98 Å². The van der Waals surface area contributed by atoms with Crippen LogP contribution in [0.25, 0.3) is 0 Å².